The Morgan fingerprint density at radius 1 is 1.07 bits per heavy atom. The molecule has 0 unspecified atom stereocenters. The molecule has 0 bridgehead atoms. The molecule has 3 N–H and O–H groups in total. The van der Waals surface area contributed by atoms with E-state index in [1.54, 1.807) is 29.2 Å². The normalized spacial score (nSPS) is 15.9. The molecule has 0 atom stereocenters. The van der Waals surface area contributed by atoms with Crippen LogP contribution >= 0.6 is 0 Å². The number of benzene rings is 1. The van der Waals surface area contributed by atoms with Gasteiger partial charge in [-0.1, -0.05) is 0 Å². The standard InChI is InChI=1S/C28H33FN8O3/c1-16-13-18-19(30-16)7-8-21(25(18)29)39-26-32-22(31-23-14-20(34-35-23)17-5-6-17)15-24(33-26)36-9-11-37(12-10-36)27(38)40-28(2,3)4/h7-8,13-15,17,30H,5-6,9-12H2,1-4H3,(H2,31,32,33,34,35). The Balaban J connectivity index is 1.25. The van der Waals surface area contributed by atoms with Crippen LogP contribution in [0.4, 0.5) is 26.6 Å². The third-order valence-corrected chi connectivity index (χ3v) is 6.86. The van der Waals surface area contributed by atoms with Crippen LogP contribution in [0.5, 0.6) is 11.8 Å². The van der Waals surface area contributed by atoms with E-state index < -0.39 is 11.4 Å². The van der Waals surface area contributed by atoms with Gasteiger partial charge in [0.2, 0.25) is 0 Å². The molecule has 1 aromatic carbocycles. The number of ether oxygens (including phenoxy) is 2. The van der Waals surface area contributed by atoms with Crippen LogP contribution in [0.3, 0.4) is 0 Å². The van der Waals surface area contributed by atoms with Gasteiger partial charge in [-0.25, -0.2) is 9.18 Å². The van der Waals surface area contributed by atoms with E-state index in [1.165, 1.54) is 0 Å². The molecule has 1 amide bonds. The van der Waals surface area contributed by atoms with E-state index in [1.807, 2.05) is 38.7 Å². The minimum Gasteiger partial charge on any atom is -0.444 e. The Morgan fingerprint density at radius 2 is 1.85 bits per heavy atom. The maximum Gasteiger partial charge on any atom is 0.410 e. The number of carbonyl (C=O) groups excluding carboxylic acids is 1. The second-order valence-electron chi connectivity index (χ2n) is 11.3. The lowest BCUT2D eigenvalue weighted by molar-refractivity contribution is 0.0240. The summed E-state index contributed by atoms with van der Waals surface area (Å²) >= 11 is 0. The van der Waals surface area contributed by atoms with Gasteiger partial charge in [0.15, 0.2) is 17.4 Å². The second kappa shape index (κ2) is 10.00. The molecule has 40 heavy (non-hydrogen) atoms. The summed E-state index contributed by atoms with van der Waals surface area (Å²) in [7, 11) is 0. The van der Waals surface area contributed by atoms with Crippen LogP contribution in [-0.2, 0) is 4.74 Å². The lowest BCUT2D eigenvalue weighted by atomic mass is 10.2. The number of nitrogens with one attached hydrogen (secondary N) is 3. The van der Waals surface area contributed by atoms with Crippen molar-refractivity contribution >= 4 is 34.4 Å². The zero-order chi connectivity index (χ0) is 28.0. The number of hydrogen-bond donors (Lipinski definition) is 3. The van der Waals surface area contributed by atoms with Crippen molar-refractivity contribution in [3.05, 3.63) is 47.5 Å². The van der Waals surface area contributed by atoms with Crippen LogP contribution < -0.4 is 15.0 Å². The van der Waals surface area contributed by atoms with E-state index in [4.69, 9.17) is 9.47 Å². The average Bonchev–Trinajstić information content (AvgIpc) is 3.53. The summed E-state index contributed by atoms with van der Waals surface area (Å²) in [5.74, 6) is 1.75. The third kappa shape index (κ3) is 5.65. The predicted octanol–water partition coefficient (Wildman–Crippen LogP) is 5.60. The third-order valence-electron chi connectivity index (χ3n) is 6.86. The van der Waals surface area contributed by atoms with Gasteiger partial charge in [-0.05, 0) is 58.7 Å². The maximum atomic E-state index is 15.3. The van der Waals surface area contributed by atoms with Crippen molar-refractivity contribution in [3.8, 4) is 11.8 Å². The van der Waals surface area contributed by atoms with Gasteiger partial charge in [0.25, 0.3) is 0 Å². The molecule has 2 aliphatic rings. The lowest BCUT2D eigenvalue weighted by Gasteiger charge is -2.36. The number of halogens is 1. The van der Waals surface area contributed by atoms with Crippen molar-refractivity contribution in [2.75, 3.05) is 36.4 Å². The SMILES string of the molecule is Cc1cc2c(F)c(Oc3nc(Nc4cc(C5CC5)[nH]n4)cc(N4CCN(C(=O)OC(C)(C)C)CC4)n3)ccc2[nH]1. The number of aromatic amines is 2. The summed E-state index contributed by atoms with van der Waals surface area (Å²) < 4.78 is 26.7. The fourth-order valence-corrected chi connectivity index (χ4v) is 4.73. The minimum atomic E-state index is -0.559. The van der Waals surface area contributed by atoms with Gasteiger partial charge in [0.1, 0.15) is 17.2 Å². The Labute approximate surface area is 231 Å². The molecule has 1 aliphatic carbocycles. The van der Waals surface area contributed by atoms with E-state index in [2.05, 4.69) is 30.5 Å². The molecule has 210 valence electrons. The van der Waals surface area contributed by atoms with E-state index in [0.717, 1.165) is 24.2 Å². The van der Waals surface area contributed by atoms with Gasteiger partial charge in [-0.3, -0.25) is 5.10 Å². The van der Waals surface area contributed by atoms with Crippen LogP contribution in [0.1, 0.15) is 50.9 Å². The topological polar surface area (TPSA) is 124 Å². The van der Waals surface area contributed by atoms with Crippen LogP contribution in [0.15, 0.2) is 30.3 Å². The highest BCUT2D eigenvalue weighted by Crippen LogP contribution is 2.40. The number of aromatic nitrogens is 5. The van der Waals surface area contributed by atoms with Gasteiger partial charge in [0, 0.05) is 66.5 Å². The Morgan fingerprint density at radius 3 is 2.58 bits per heavy atom. The summed E-state index contributed by atoms with van der Waals surface area (Å²) in [6, 6.07) is 8.84. The first-order valence-electron chi connectivity index (χ1n) is 13.5. The van der Waals surface area contributed by atoms with Crippen molar-refractivity contribution in [2.24, 2.45) is 0 Å². The number of hydrogen-bond acceptors (Lipinski definition) is 8. The summed E-state index contributed by atoms with van der Waals surface area (Å²) in [4.78, 5) is 28.5. The second-order valence-corrected chi connectivity index (χ2v) is 11.3. The van der Waals surface area contributed by atoms with E-state index in [9.17, 15) is 4.79 Å². The van der Waals surface area contributed by atoms with Crippen molar-refractivity contribution in [3.63, 3.8) is 0 Å². The highest BCUT2D eigenvalue weighted by atomic mass is 19.1. The molecule has 0 spiro atoms. The summed E-state index contributed by atoms with van der Waals surface area (Å²) in [6.07, 6.45) is 1.98. The summed E-state index contributed by atoms with van der Waals surface area (Å²) in [5, 5.41) is 11.1. The average molecular weight is 549 g/mol. The fourth-order valence-electron chi connectivity index (χ4n) is 4.73. The first-order valence-corrected chi connectivity index (χ1v) is 13.5. The van der Waals surface area contributed by atoms with Gasteiger partial charge in [0.05, 0.1) is 0 Å². The fraction of sp³-hybridized carbons (Fsp3) is 0.429. The molecule has 6 rings (SSSR count). The van der Waals surface area contributed by atoms with Crippen LogP contribution in [-0.4, -0.2) is 67.9 Å². The quantitative estimate of drug-likeness (QED) is 0.285. The monoisotopic (exact) mass is 548 g/mol. The lowest BCUT2D eigenvalue weighted by Crippen LogP contribution is -2.50. The Bertz CT molecular complexity index is 1550. The van der Waals surface area contributed by atoms with Gasteiger partial charge >= 0.3 is 12.1 Å². The molecule has 12 heteroatoms. The molecule has 1 saturated heterocycles. The van der Waals surface area contributed by atoms with Gasteiger partial charge in [-0.2, -0.15) is 15.1 Å². The molecular formula is C28H33FN8O3. The first kappa shape index (κ1) is 25.9. The first-order chi connectivity index (χ1) is 19.1. The molecule has 0 radical (unpaired) electrons. The highest BCUT2D eigenvalue weighted by molar-refractivity contribution is 5.82. The Kier molecular flexibility index (Phi) is 6.47. The molecule has 1 saturated carbocycles. The number of fused-ring (bicyclic) bond motifs is 1. The highest BCUT2D eigenvalue weighted by Gasteiger charge is 2.28. The van der Waals surface area contributed by atoms with E-state index >= 15 is 4.39 Å². The molecule has 4 heterocycles. The predicted molar refractivity (Wildman–Crippen MR) is 149 cm³/mol. The molecule has 4 aromatic rings. The molecule has 2 fully saturated rings. The van der Waals surface area contributed by atoms with Gasteiger partial charge in [-0.15, -0.1) is 0 Å². The molecule has 3 aromatic heterocycles. The molecule has 11 nitrogen and oxygen atoms in total. The van der Waals surface area contributed by atoms with Gasteiger partial charge < -0.3 is 29.6 Å². The number of nitrogens with zero attached hydrogens (tertiary/aromatic N) is 5. The number of carbonyl (C=O) groups is 1. The number of H-pyrrole nitrogens is 2. The van der Waals surface area contributed by atoms with Crippen molar-refractivity contribution in [1.29, 1.82) is 0 Å². The minimum absolute atomic E-state index is 0.00182. The number of aryl methyl sites for hydroxylation is 1. The van der Waals surface area contributed by atoms with Crippen molar-refractivity contribution in [1.82, 2.24) is 30.0 Å². The summed E-state index contributed by atoms with van der Waals surface area (Å²) in [6.45, 7) is 9.43. The van der Waals surface area contributed by atoms with E-state index in [0.29, 0.717) is 60.5 Å². The smallest absolute Gasteiger partial charge is 0.410 e. The molecular weight excluding hydrogens is 515 g/mol. The summed E-state index contributed by atoms with van der Waals surface area (Å²) in [5.41, 5.74) is 2.07. The Hall–Kier alpha value is -4.35. The molecule has 1 aliphatic heterocycles. The number of rotatable bonds is 6. The zero-order valence-corrected chi connectivity index (χ0v) is 23.0. The van der Waals surface area contributed by atoms with Crippen LogP contribution in [0.2, 0.25) is 0 Å². The number of piperazine rings is 1. The zero-order valence-electron chi connectivity index (χ0n) is 23.0. The number of amides is 1. The number of anilines is 3. The van der Waals surface area contributed by atoms with Crippen molar-refractivity contribution in [2.45, 2.75) is 52.1 Å². The largest absolute Gasteiger partial charge is 0.444 e. The maximum absolute atomic E-state index is 15.3. The van der Waals surface area contributed by atoms with E-state index in [-0.39, 0.29) is 17.9 Å². The van der Waals surface area contributed by atoms with Crippen molar-refractivity contribution < 1.29 is 18.7 Å². The van der Waals surface area contributed by atoms with Crippen LogP contribution in [0.25, 0.3) is 10.9 Å². The van der Waals surface area contributed by atoms with Crippen LogP contribution in [0, 0.1) is 12.7 Å².